The first-order valence-electron chi connectivity index (χ1n) is 9.35. The van der Waals surface area contributed by atoms with E-state index in [2.05, 4.69) is 17.1 Å². The number of nitrogens with one attached hydrogen (secondary N) is 1. The second-order valence-corrected chi connectivity index (χ2v) is 5.99. The fraction of sp³-hybridized carbons (Fsp3) is 0.227. The molecule has 0 spiro atoms. The molecule has 1 amide bonds. The van der Waals surface area contributed by atoms with Crippen LogP contribution in [0.3, 0.4) is 0 Å². The zero-order valence-electron chi connectivity index (χ0n) is 17.3. The molecule has 0 bridgehead atoms. The van der Waals surface area contributed by atoms with Gasteiger partial charge in [-0.1, -0.05) is 12.7 Å². The van der Waals surface area contributed by atoms with Gasteiger partial charge in [0.2, 0.25) is 0 Å². The average Bonchev–Trinajstić information content (AvgIpc) is 2.77. The highest BCUT2D eigenvalue weighted by Crippen LogP contribution is 2.29. The van der Waals surface area contributed by atoms with Gasteiger partial charge in [-0.2, -0.15) is 5.10 Å². The summed E-state index contributed by atoms with van der Waals surface area (Å²) in [5.74, 6) is 0.0621. The number of carbonyl (C=O) groups is 2. The van der Waals surface area contributed by atoms with Gasteiger partial charge in [0.05, 0.1) is 19.9 Å². The van der Waals surface area contributed by atoms with E-state index in [-0.39, 0.29) is 5.75 Å². The van der Waals surface area contributed by atoms with E-state index in [4.69, 9.17) is 24.1 Å². The van der Waals surface area contributed by atoms with Crippen molar-refractivity contribution in [2.75, 3.05) is 26.9 Å². The van der Waals surface area contributed by atoms with Gasteiger partial charge >= 0.3 is 5.97 Å². The van der Waals surface area contributed by atoms with E-state index in [9.17, 15) is 9.59 Å². The van der Waals surface area contributed by atoms with Crippen LogP contribution in [0, 0.1) is 0 Å². The summed E-state index contributed by atoms with van der Waals surface area (Å²) in [6, 6.07) is 9.63. The van der Waals surface area contributed by atoms with Crippen LogP contribution in [0.4, 0.5) is 0 Å². The van der Waals surface area contributed by atoms with Crippen LogP contribution in [-0.4, -0.2) is 50.1 Å². The molecule has 2 rings (SSSR count). The van der Waals surface area contributed by atoms with Gasteiger partial charge in [0.25, 0.3) is 5.91 Å². The Morgan fingerprint density at radius 1 is 1.06 bits per heavy atom. The Kier molecular flexibility index (Phi) is 8.90. The van der Waals surface area contributed by atoms with E-state index in [1.165, 1.54) is 13.3 Å². The van der Waals surface area contributed by atoms with Gasteiger partial charge < -0.3 is 24.1 Å². The largest absolute Gasteiger partial charge is 0.493 e. The predicted octanol–water partition coefficient (Wildman–Crippen LogP) is 2.89. The van der Waals surface area contributed by atoms with Crippen LogP contribution in [0.1, 0.15) is 22.8 Å². The van der Waals surface area contributed by atoms with Crippen molar-refractivity contribution in [1.82, 2.24) is 5.43 Å². The molecule has 0 aliphatic rings. The first-order valence-corrected chi connectivity index (χ1v) is 9.35. The number of benzene rings is 2. The molecule has 0 saturated carbocycles. The molecule has 0 aromatic heterocycles. The minimum Gasteiger partial charge on any atom is -0.493 e. The topological polar surface area (TPSA) is 116 Å². The van der Waals surface area contributed by atoms with Crippen LogP contribution in [0.25, 0.3) is 0 Å². The molecular formula is C22H24N2O7. The van der Waals surface area contributed by atoms with Crippen LogP contribution >= 0.6 is 0 Å². The van der Waals surface area contributed by atoms with Crippen LogP contribution < -0.4 is 24.4 Å². The van der Waals surface area contributed by atoms with E-state index in [1.807, 2.05) is 6.92 Å². The summed E-state index contributed by atoms with van der Waals surface area (Å²) in [5, 5.41) is 12.7. The molecule has 0 radical (unpaired) electrons. The summed E-state index contributed by atoms with van der Waals surface area (Å²) in [6.07, 6.45) is 3.04. The number of amides is 1. The number of carbonyl (C=O) groups excluding carboxylic acids is 1. The van der Waals surface area contributed by atoms with Crippen molar-refractivity contribution in [1.29, 1.82) is 0 Å². The van der Waals surface area contributed by atoms with Crippen molar-refractivity contribution in [2.24, 2.45) is 5.10 Å². The van der Waals surface area contributed by atoms with Crippen molar-refractivity contribution >= 4 is 18.1 Å². The molecular weight excluding hydrogens is 404 g/mol. The number of rotatable bonds is 12. The summed E-state index contributed by atoms with van der Waals surface area (Å²) < 4.78 is 21.4. The first kappa shape index (κ1) is 23.3. The Labute approximate surface area is 179 Å². The molecule has 0 aliphatic carbocycles. The van der Waals surface area contributed by atoms with Gasteiger partial charge in [-0.05, 0) is 48.9 Å². The number of aliphatic carboxylic acids is 1. The SMILES string of the molecule is C=CCOc1ccc(C(=O)N/N=C/c2ccc(OCC(=O)O)c(OC)c2)cc1OCC. The third-order valence-corrected chi connectivity index (χ3v) is 3.78. The molecule has 0 heterocycles. The molecule has 2 aromatic rings. The maximum Gasteiger partial charge on any atom is 0.341 e. The van der Waals surface area contributed by atoms with E-state index < -0.39 is 18.5 Å². The van der Waals surface area contributed by atoms with E-state index in [0.29, 0.717) is 41.6 Å². The Hall–Kier alpha value is -4.01. The molecule has 31 heavy (non-hydrogen) atoms. The van der Waals surface area contributed by atoms with Gasteiger partial charge in [0.15, 0.2) is 29.6 Å². The van der Waals surface area contributed by atoms with Crippen molar-refractivity contribution in [3.05, 3.63) is 60.2 Å². The van der Waals surface area contributed by atoms with Crippen LogP contribution in [-0.2, 0) is 4.79 Å². The van der Waals surface area contributed by atoms with Crippen molar-refractivity contribution in [3.8, 4) is 23.0 Å². The number of hydrogen-bond acceptors (Lipinski definition) is 7. The lowest BCUT2D eigenvalue weighted by atomic mass is 10.2. The van der Waals surface area contributed by atoms with Gasteiger partial charge in [-0.3, -0.25) is 4.79 Å². The van der Waals surface area contributed by atoms with Gasteiger partial charge in [-0.25, -0.2) is 10.2 Å². The Morgan fingerprint density at radius 3 is 2.48 bits per heavy atom. The van der Waals surface area contributed by atoms with E-state index in [0.717, 1.165) is 0 Å². The monoisotopic (exact) mass is 428 g/mol. The molecule has 164 valence electrons. The number of carboxylic acid groups (broad SMARTS) is 1. The fourth-order valence-corrected chi connectivity index (χ4v) is 2.44. The number of nitrogens with zero attached hydrogens (tertiary/aromatic N) is 1. The molecule has 0 saturated heterocycles. The van der Waals surface area contributed by atoms with Crippen molar-refractivity contribution in [3.63, 3.8) is 0 Å². The van der Waals surface area contributed by atoms with Crippen molar-refractivity contribution in [2.45, 2.75) is 6.92 Å². The molecule has 2 aromatic carbocycles. The summed E-state index contributed by atoms with van der Waals surface area (Å²) in [5.41, 5.74) is 3.40. The number of methoxy groups -OCH3 is 1. The second-order valence-electron chi connectivity index (χ2n) is 5.99. The summed E-state index contributed by atoms with van der Waals surface area (Å²) in [6.45, 7) is 5.69. The van der Waals surface area contributed by atoms with Crippen molar-refractivity contribution < 1.29 is 33.6 Å². The fourth-order valence-electron chi connectivity index (χ4n) is 2.44. The number of hydrogen-bond donors (Lipinski definition) is 2. The van der Waals surface area contributed by atoms with Gasteiger partial charge in [-0.15, -0.1) is 0 Å². The van der Waals surface area contributed by atoms with Crippen LogP contribution in [0.2, 0.25) is 0 Å². The average molecular weight is 428 g/mol. The second kappa shape index (κ2) is 11.9. The number of hydrazone groups is 1. The predicted molar refractivity (Wildman–Crippen MR) is 114 cm³/mol. The molecule has 0 aliphatic heterocycles. The summed E-state index contributed by atoms with van der Waals surface area (Å²) in [4.78, 5) is 23.0. The molecule has 9 heteroatoms. The first-order chi connectivity index (χ1) is 15.0. The molecule has 0 fully saturated rings. The van der Waals surface area contributed by atoms with E-state index >= 15 is 0 Å². The highest BCUT2D eigenvalue weighted by Gasteiger charge is 2.11. The lowest BCUT2D eigenvalue weighted by Gasteiger charge is -2.12. The standard InChI is InChI=1S/C22H24N2O7/c1-4-10-30-18-9-7-16(12-20(18)29-5-2)22(27)24-23-13-15-6-8-17(19(11-15)28-3)31-14-21(25)26/h4,6-9,11-13H,1,5,10,14H2,2-3H3,(H,24,27)(H,25,26)/b23-13+. The van der Waals surface area contributed by atoms with Gasteiger partial charge in [0.1, 0.15) is 6.61 Å². The van der Waals surface area contributed by atoms with Gasteiger partial charge in [0, 0.05) is 5.56 Å². The zero-order valence-corrected chi connectivity index (χ0v) is 17.3. The Morgan fingerprint density at radius 2 is 1.81 bits per heavy atom. The number of carboxylic acids is 1. The highest BCUT2D eigenvalue weighted by atomic mass is 16.5. The Balaban J connectivity index is 2.06. The third kappa shape index (κ3) is 7.07. The lowest BCUT2D eigenvalue weighted by Crippen LogP contribution is -2.17. The molecule has 0 atom stereocenters. The zero-order chi connectivity index (χ0) is 22.6. The molecule has 0 unspecified atom stereocenters. The lowest BCUT2D eigenvalue weighted by molar-refractivity contribution is -0.139. The maximum absolute atomic E-state index is 12.4. The molecule has 9 nitrogen and oxygen atoms in total. The highest BCUT2D eigenvalue weighted by molar-refractivity contribution is 5.95. The third-order valence-electron chi connectivity index (χ3n) is 3.78. The van der Waals surface area contributed by atoms with Crippen LogP contribution in [0.15, 0.2) is 54.2 Å². The summed E-state index contributed by atoms with van der Waals surface area (Å²) in [7, 11) is 1.43. The quantitative estimate of drug-likeness (QED) is 0.303. The van der Waals surface area contributed by atoms with Crippen LogP contribution in [0.5, 0.6) is 23.0 Å². The maximum atomic E-state index is 12.4. The van der Waals surface area contributed by atoms with E-state index in [1.54, 1.807) is 42.5 Å². The summed E-state index contributed by atoms with van der Waals surface area (Å²) >= 11 is 0. The number of ether oxygens (including phenoxy) is 4. The molecule has 2 N–H and O–H groups in total. The Bertz CT molecular complexity index is 957. The normalized spacial score (nSPS) is 10.4. The smallest absolute Gasteiger partial charge is 0.341 e. The minimum atomic E-state index is -1.09. The minimum absolute atomic E-state index is 0.285.